The van der Waals surface area contributed by atoms with E-state index < -0.39 is 10.0 Å². The molecule has 0 spiro atoms. The summed E-state index contributed by atoms with van der Waals surface area (Å²) in [7, 11) is -3.53. The van der Waals surface area contributed by atoms with Crippen LogP contribution in [0, 0.1) is 12.7 Å². The summed E-state index contributed by atoms with van der Waals surface area (Å²) in [6, 6.07) is 18.0. The standard InChI is InChI=1S/C24H24ClFN2O3S/c1-17-15-21(25)9-12-23(17)28(32(2,30)31)16-19-3-7-20(8-4-19)24(29)27-14-13-18-5-10-22(26)11-6-18/h3-12,15H,13-14,16H2,1-2H3,(H,27,29). The van der Waals surface area contributed by atoms with Crippen molar-refractivity contribution in [3.8, 4) is 0 Å². The normalized spacial score (nSPS) is 11.2. The van der Waals surface area contributed by atoms with Gasteiger partial charge in [-0.15, -0.1) is 0 Å². The maximum absolute atomic E-state index is 13.0. The summed E-state index contributed by atoms with van der Waals surface area (Å²) in [5.74, 6) is -0.522. The fraction of sp³-hybridized carbons (Fsp3) is 0.208. The molecule has 0 aromatic heterocycles. The van der Waals surface area contributed by atoms with Crippen molar-refractivity contribution in [2.45, 2.75) is 19.9 Å². The third kappa shape index (κ3) is 6.31. The minimum absolute atomic E-state index is 0.133. The first kappa shape index (κ1) is 23.8. The Morgan fingerprint density at radius 3 is 2.22 bits per heavy atom. The van der Waals surface area contributed by atoms with E-state index in [1.807, 2.05) is 0 Å². The molecule has 0 saturated heterocycles. The average molecular weight is 475 g/mol. The second kappa shape index (κ2) is 10.1. The second-order valence-corrected chi connectivity index (χ2v) is 9.87. The van der Waals surface area contributed by atoms with Gasteiger partial charge in [-0.2, -0.15) is 0 Å². The smallest absolute Gasteiger partial charge is 0.251 e. The summed E-state index contributed by atoms with van der Waals surface area (Å²) in [4.78, 5) is 12.4. The molecule has 0 aliphatic carbocycles. The van der Waals surface area contributed by atoms with Gasteiger partial charge in [-0.05, 0) is 72.5 Å². The Kier molecular flexibility index (Phi) is 7.53. The van der Waals surface area contributed by atoms with E-state index in [4.69, 9.17) is 11.6 Å². The second-order valence-electron chi connectivity index (χ2n) is 7.53. The van der Waals surface area contributed by atoms with Crippen LogP contribution in [0.1, 0.15) is 27.0 Å². The van der Waals surface area contributed by atoms with Crippen molar-refractivity contribution in [3.63, 3.8) is 0 Å². The zero-order valence-corrected chi connectivity index (χ0v) is 19.4. The van der Waals surface area contributed by atoms with Crippen LogP contribution in [0.4, 0.5) is 10.1 Å². The molecule has 1 N–H and O–H groups in total. The Balaban J connectivity index is 1.65. The molecule has 1 amide bonds. The predicted molar refractivity (Wildman–Crippen MR) is 126 cm³/mol. The average Bonchev–Trinajstić information content (AvgIpc) is 2.73. The molecule has 0 unspecified atom stereocenters. The number of halogens is 2. The van der Waals surface area contributed by atoms with E-state index in [1.54, 1.807) is 61.5 Å². The molecule has 0 aliphatic heterocycles. The number of hydrogen-bond acceptors (Lipinski definition) is 3. The van der Waals surface area contributed by atoms with Gasteiger partial charge in [-0.3, -0.25) is 9.10 Å². The molecule has 0 heterocycles. The zero-order valence-electron chi connectivity index (χ0n) is 17.8. The van der Waals surface area contributed by atoms with E-state index in [1.165, 1.54) is 16.4 Å². The highest BCUT2D eigenvalue weighted by Crippen LogP contribution is 2.27. The summed E-state index contributed by atoms with van der Waals surface area (Å²) in [5.41, 5.74) is 3.45. The molecule has 3 rings (SSSR count). The number of nitrogens with one attached hydrogen (secondary N) is 1. The third-order valence-corrected chi connectivity index (χ3v) is 6.34. The number of carbonyl (C=O) groups is 1. The van der Waals surface area contributed by atoms with Crippen molar-refractivity contribution < 1.29 is 17.6 Å². The van der Waals surface area contributed by atoms with Crippen molar-refractivity contribution in [3.05, 3.63) is 99.8 Å². The fourth-order valence-corrected chi connectivity index (χ4v) is 4.45. The molecule has 168 valence electrons. The summed E-state index contributed by atoms with van der Waals surface area (Å²) in [6.07, 6.45) is 1.75. The van der Waals surface area contributed by atoms with Crippen molar-refractivity contribution in [2.24, 2.45) is 0 Å². The lowest BCUT2D eigenvalue weighted by Crippen LogP contribution is -2.30. The van der Waals surface area contributed by atoms with E-state index in [2.05, 4.69) is 5.32 Å². The number of nitrogens with zero attached hydrogens (tertiary/aromatic N) is 1. The molecule has 0 aliphatic rings. The Bertz CT molecular complexity index is 1200. The summed E-state index contributed by atoms with van der Waals surface area (Å²) in [6.45, 7) is 2.36. The first-order valence-electron chi connectivity index (χ1n) is 9.99. The zero-order chi connectivity index (χ0) is 23.3. The number of sulfonamides is 1. The number of anilines is 1. The Labute approximate surface area is 192 Å². The highest BCUT2D eigenvalue weighted by molar-refractivity contribution is 7.92. The van der Waals surface area contributed by atoms with Crippen molar-refractivity contribution in [2.75, 3.05) is 17.1 Å². The Hall–Kier alpha value is -2.90. The number of carbonyl (C=O) groups excluding carboxylic acids is 1. The molecule has 3 aromatic rings. The number of hydrogen-bond donors (Lipinski definition) is 1. The summed E-state index contributed by atoms with van der Waals surface area (Å²) >= 11 is 6.00. The van der Waals surface area contributed by atoms with Crippen molar-refractivity contribution in [1.82, 2.24) is 5.32 Å². The van der Waals surface area contributed by atoms with Gasteiger partial charge in [0.15, 0.2) is 0 Å². The van der Waals surface area contributed by atoms with Gasteiger partial charge in [-0.1, -0.05) is 35.9 Å². The molecule has 0 radical (unpaired) electrons. The largest absolute Gasteiger partial charge is 0.352 e. The van der Waals surface area contributed by atoms with Crippen LogP contribution in [0.2, 0.25) is 5.02 Å². The lowest BCUT2D eigenvalue weighted by Gasteiger charge is -2.24. The van der Waals surface area contributed by atoms with E-state index in [0.717, 1.165) is 22.9 Å². The molecule has 32 heavy (non-hydrogen) atoms. The quantitative estimate of drug-likeness (QED) is 0.513. The summed E-state index contributed by atoms with van der Waals surface area (Å²) < 4.78 is 39.1. The van der Waals surface area contributed by atoms with Gasteiger partial charge in [0.2, 0.25) is 10.0 Å². The Morgan fingerprint density at radius 1 is 1.00 bits per heavy atom. The van der Waals surface area contributed by atoms with Crippen LogP contribution in [-0.2, 0) is 23.0 Å². The minimum Gasteiger partial charge on any atom is -0.352 e. The van der Waals surface area contributed by atoms with E-state index in [9.17, 15) is 17.6 Å². The van der Waals surface area contributed by atoms with E-state index in [0.29, 0.717) is 29.2 Å². The van der Waals surface area contributed by atoms with Gasteiger partial charge in [0.1, 0.15) is 5.82 Å². The lowest BCUT2D eigenvalue weighted by molar-refractivity contribution is 0.0954. The van der Waals surface area contributed by atoms with Gasteiger partial charge in [0.25, 0.3) is 5.91 Å². The van der Waals surface area contributed by atoms with Crippen LogP contribution in [0.25, 0.3) is 0 Å². The molecular weight excluding hydrogens is 451 g/mol. The number of amides is 1. The van der Waals surface area contributed by atoms with Crippen LogP contribution in [0.5, 0.6) is 0 Å². The van der Waals surface area contributed by atoms with Crippen molar-refractivity contribution in [1.29, 1.82) is 0 Å². The molecule has 3 aromatic carbocycles. The topological polar surface area (TPSA) is 66.5 Å². The number of aryl methyl sites for hydroxylation is 1. The van der Waals surface area contributed by atoms with Gasteiger partial charge in [-0.25, -0.2) is 12.8 Å². The van der Waals surface area contributed by atoms with E-state index in [-0.39, 0.29) is 18.3 Å². The molecule has 0 fully saturated rings. The van der Waals surface area contributed by atoms with Gasteiger partial charge in [0, 0.05) is 17.1 Å². The number of rotatable bonds is 8. The van der Waals surface area contributed by atoms with Crippen LogP contribution in [-0.4, -0.2) is 27.1 Å². The van der Waals surface area contributed by atoms with Crippen LogP contribution in [0.3, 0.4) is 0 Å². The van der Waals surface area contributed by atoms with Crippen LogP contribution in [0.15, 0.2) is 66.7 Å². The minimum atomic E-state index is -3.53. The van der Waals surface area contributed by atoms with Gasteiger partial charge >= 0.3 is 0 Å². The molecule has 5 nitrogen and oxygen atoms in total. The molecule has 0 bridgehead atoms. The maximum atomic E-state index is 13.0. The summed E-state index contributed by atoms with van der Waals surface area (Å²) in [5, 5.41) is 3.37. The van der Waals surface area contributed by atoms with Gasteiger partial charge in [0.05, 0.1) is 18.5 Å². The van der Waals surface area contributed by atoms with Crippen LogP contribution < -0.4 is 9.62 Å². The van der Waals surface area contributed by atoms with E-state index >= 15 is 0 Å². The first-order chi connectivity index (χ1) is 15.1. The number of benzene rings is 3. The highest BCUT2D eigenvalue weighted by Gasteiger charge is 2.20. The predicted octanol–water partition coefficient (Wildman–Crippen LogP) is 4.73. The molecule has 0 atom stereocenters. The SMILES string of the molecule is Cc1cc(Cl)ccc1N(Cc1ccc(C(=O)NCCc2ccc(F)cc2)cc1)S(C)(=O)=O. The van der Waals surface area contributed by atoms with Crippen LogP contribution >= 0.6 is 11.6 Å². The monoisotopic (exact) mass is 474 g/mol. The third-order valence-electron chi connectivity index (χ3n) is 4.98. The van der Waals surface area contributed by atoms with Gasteiger partial charge < -0.3 is 5.32 Å². The molecular formula is C24H24ClFN2O3S. The highest BCUT2D eigenvalue weighted by atomic mass is 35.5. The molecule has 8 heteroatoms. The first-order valence-corrected chi connectivity index (χ1v) is 12.2. The lowest BCUT2D eigenvalue weighted by atomic mass is 10.1. The fourth-order valence-electron chi connectivity index (χ4n) is 3.28. The maximum Gasteiger partial charge on any atom is 0.251 e. The molecule has 0 saturated carbocycles. The van der Waals surface area contributed by atoms with Crippen molar-refractivity contribution >= 4 is 33.2 Å². The Morgan fingerprint density at radius 2 is 1.62 bits per heavy atom.